The molecule has 0 atom stereocenters. The van der Waals surface area contributed by atoms with E-state index in [0.29, 0.717) is 16.7 Å². The van der Waals surface area contributed by atoms with Gasteiger partial charge in [-0.25, -0.2) is 9.36 Å². The van der Waals surface area contributed by atoms with Crippen LogP contribution in [0.4, 0.5) is 10.7 Å². The number of imidazole rings is 1. The molecule has 100 valence electrons. The van der Waals surface area contributed by atoms with Gasteiger partial charge in [0.05, 0.1) is 12.4 Å². The van der Waals surface area contributed by atoms with Crippen LogP contribution in [0.1, 0.15) is 11.4 Å². The average Bonchev–Trinajstić information content (AvgIpc) is 2.62. The number of aromatic nitrogens is 2. The van der Waals surface area contributed by atoms with E-state index in [1.165, 1.54) is 16.5 Å². The Labute approximate surface area is 112 Å². The number of ether oxygens (including phenoxy) is 1. The van der Waals surface area contributed by atoms with Crippen LogP contribution in [0, 0.1) is 10.1 Å². The minimum absolute atomic E-state index is 0.0602. The fourth-order valence-corrected chi connectivity index (χ4v) is 1.73. The minimum atomic E-state index is -0.580. The second kappa shape index (κ2) is 5.80. The topological polar surface area (TPSA) is 90.5 Å². The van der Waals surface area contributed by atoms with Crippen molar-refractivity contribution in [3.63, 3.8) is 0 Å². The van der Waals surface area contributed by atoms with E-state index in [1.807, 2.05) is 0 Å². The Bertz CT molecular complexity index is 471. The zero-order valence-corrected chi connectivity index (χ0v) is 11.8. The van der Waals surface area contributed by atoms with Crippen LogP contribution < -0.4 is 0 Å². The van der Waals surface area contributed by atoms with Crippen molar-refractivity contribution in [3.05, 3.63) is 21.5 Å². The fraction of sp³-hybridized carbons (Fsp3) is 0.556. The summed E-state index contributed by atoms with van der Waals surface area (Å²) in [5.74, 6) is -0.277. The number of nitro groups is 1. The molecule has 0 saturated heterocycles. The summed E-state index contributed by atoms with van der Waals surface area (Å²) in [4.78, 5) is 26.6. The molecule has 1 rings (SSSR count). The van der Waals surface area contributed by atoms with E-state index in [1.54, 1.807) is 14.1 Å². The van der Waals surface area contributed by atoms with Gasteiger partial charge in [-0.05, 0) is 4.92 Å². The van der Waals surface area contributed by atoms with E-state index < -0.39 is 11.0 Å². The Kier molecular flexibility index (Phi) is 4.65. The number of halogens is 1. The summed E-state index contributed by atoms with van der Waals surface area (Å²) in [6, 6.07) is 0. The van der Waals surface area contributed by atoms with Gasteiger partial charge < -0.3 is 19.8 Å². The van der Waals surface area contributed by atoms with Crippen molar-refractivity contribution in [2.75, 3.05) is 14.1 Å². The maximum absolute atomic E-state index is 11.3. The number of hydrogen-bond donors (Lipinski definition) is 0. The van der Waals surface area contributed by atoms with Crippen LogP contribution in [0.15, 0.2) is 0 Å². The third-order valence-electron chi connectivity index (χ3n) is 2.26. The van der Waals surface area contributed by atoms with E-state index in [-0.39, 0.29) is 12.6 Å². The van der Waals surface area contributed by atoms with Crippen LogP contribution >= 0.6 is 15.9 Å². The molecule has 0 N–H and O–H groups in total. The summed E-state index contributed by atoms with van der Waals surface area (Å²) < 4.78 is 6.29. The summed E-state index contributed by atoms with van der Waals surface area (Å²) in [7, 11) is 4.62. The number of nitrogens with zero attached hydrogens (tertiary/aromatic N) is 4. The van der Waals surface area contributed by atoms with Crippen molar-refractivity contribution in [1.29, 1.82) is 0 Å². The summed E-state index contributed by atoms with van der Waals surface area (Å²) in [6.45, 7) is -0.0602. The molecular weight excluding hydrogens is 308 g/mol. The van der Waals surface area contributed by atoms with Gasteiger partial charge in [0.1, 0.15) is 0 Å². The molecule has 1 aromatic heterocycles. The Morgan fingerprint density at radius 1 is 1.61 bits per heavy atom. The summed E-state index contributed by atoms with van der Waals surface area (Å²) in [5, 5.41) is 11.1. The second-order valence-electron chi connectivity index (χ2n) is 3.70. The second-order valence-corrected chi connectivity index (χ2v) is 4.26. The van der Waals surface area contributed by atoms with E-state index in [9.17, 15) is 14.9 Å². The first-order valence-corrected chi connectivity index (χ1v) is 6.09. The lowest BCUT2D eigenvalue weighted by Gasteiger charge is -2.10. The van der Waals surface area contributed by atoms with Gasteiger partial charge in [-0.3, -0.25) is 0 Å². The molecule has 0 aromatic carbocycles. The van der Waals surface area contributed by atoms with Gasteiger partial charge in [-0.1, -0.05) is 20.9 Å². The van der Waals surface area contributed by atoms with E-state index in [0.717, 1.165) is 0 Å². The highest BCUT2D eigenvalue weighted by Gasteiger charge is 2.25. The number of rotatable bonds is 4. The van der Waals surface area contributed by atoms with E-state index >= 15 is 0 Å². The highest BCUT2D eigenvalue weighted by atomic mass is 79.9. The predicted octanol–water partition coefficient (Wildman–Crippen LogP) is 1.42. The number of hydrogen-bond acceptors (Lipinski definition) is 5. The summed E-state index contributed by atoms with van der Waals surface area (Å²) in [6.07, 6.45) is -0.514. The Morgan fingerprint density at radius 2 is 2.22 bits per heavy atom. The van der Waals surface area contributed by atoms with Crippen molar-refractivity contribution in [2.24, 2.45) is 7.05 Å². The zero-order chi connectivity index (χ0) is 13.9. The van der Waals surface area contributed by atoms with Crippen LogP contribution in [0.25, 0.3) is 0 Å². The number of carbonyl (C=O) groups excluding carboxylic acids is 1. The van der Waals surface area contributed by atoms with Crippen molar-refractivity contribution >= 4 is 28.0 Å². The van der Waals surface area contributed by atoms with Gasteiger partial charge in [0.2, 0.25) is 0 Å². The molecule has 0 aliphatic carbocycles. The zero-order valence-electron chi connectivity index (χ0n) is 10.2. The van der Waals surface area contributed by atoms with Crippen LogP contribution in [0.5, 0.6) is 0 Å². The third-order valence-corrected chi connectivity index (χ3v) is 2.79. The first-order valence-electron chi connectivity index (χ1n) is 4.97. The lowest BCUT2D eigenvalue weighted by molar-refractivity contribution is -0.396. The highest BCUT2D eigenvalue weighted by Crippen LogP contribution is 2.19. The number of amides is 1. The van der Waals surface area contributed by atoms with Crippen LogP contribution in [0.3, 0.4) is 0 Å². The molecule has 0 aliphatic heterocycles. The predicted molar refractivity (Wildman–Crippen MR) is 66.4 cm³/mol. The maximum Gasteiger partial charge on any atom is 0.434 e. The molecule has 8 nitrogen and oxygen atoms in total. The van der Waals surface area contributed by atoms with Crippen LogP contribution in [-0.4, -0.2) is 39.6 Å². The fourth-order valence-electron chi connectivity index (χ4n) is 1.28. The highest BCUT2D eigenvalue weighted by molar-refractivity contribution is 9.08. The van der Waals surface area contributed by atoms with Gasteiger partial charge in [-0.2, -0.15) is 0 Å². The standard InChI is InChI=1S/C9H13BrN4O4/c1-12(2)9(15)18-5-7-6(4-10)11-8(13(7)3)14(16)17/h4-5H2,1-3H3. The lowest BCUT2D eigenvalue weighted by Crippen LogP contribution is -2.23. The first-order chi connectivity index (χ1) is 8.38. The molecule has 0 aliphatic rings. The molecule has 0 unspecified atom stereocenters. The van der Waals surface area contributed by atoms with Gasteiger partial charge >= 0.3 is 12.0 Å². The van der Waals surface area contributed by atoms with Crippen molar-refractivity contribution in [2.45, 2.75) is 11.9 Å². The summed E-state index contributed by atoms with van der Waals surface area (Å²) in [5.41, 5.74) is 0.976. The SMILES string of the molecule is CN(C)C(=O)OCc1c(CBr)nc([N+](=O)[O-])n1C. The minimum Gasteiger partial charge on any atom is -0.441 e. The van der Waals surface area contributed by atoms with E-state index in [2.05, 4.69) is 20.9 Å². The smallest absolute Gasteiger partial charge is 0.434 e. The van der Waals surface area contributed by atoms with Crippen LogP contribution in [-0.2, 0) is 23.7 Å². The Morgan fingerprint density at radius 3 is 2.67 bits per heavy atom. The largest absolute Gasteiger partial charge is 0.441 e. The monoisotopic (exact) mass is 320 g/mol. The molecule has 1 amide bonds. The molecular formula is C9H13BrN4O4. The van der Waals surface area contributed by atoms with Gasteiger partial charge in [0.25, 0.3) is 0 Å². The normalized spacial score (nSPS) is 10.2. The van der Waals surface area contributed by atoms with Crippen LogP contribution in [0.2, 0.25) is 0 Å². The average molecular weight is 321 g/mol. The van der Waals surface area contributed by atoms with E-state index in [4.69, 9.17) is 4.74 Å². The first kappa shape index (κ1) is 14.4. The lowest BCUT2D eigenvalue weighted by atomic mass is 10.3. The quantitative estimate of drug-likeness (QED) is 0.475. The van der Waals surface area contributed by atoms with Crippen molar-refractivity contribution < 1.29 is 14.5 Å². The Balaban J connectivity index is 2.94. The molecule has 0 radical (unpaired) electrons. The molecule has 18 heavy (non-hydrogen) atoms. The molecule has 9 heteroatoms. The van der Waals surface area contributed by atoms with Gasteiger partial charge in [0.15, 0.2) is 18.0 Å². The molecule has 1 aromatic rings. The molecule has 0 fully saturated rings. The number of alkyl halides is 1. The molecule has 0 spiro atoms. The summed E-state index contributed by atoms with van der Waals surface area (Å²) >= 11 is 3.19. The van der Waals surface area contributed by atoms with Crippen molar-refractivity contribution in [3.8, 4) is 0 Å². The molecule has 0 bridgehead atoms. The Hall–Kier alpha value is -1.64. The van der Waals surface area contributed by atoms with Crippen molar-refractivity contribution in [1.82, 2.24) is 14.5 Å². The molecule has 0 saturated carbocycles. The molecule has 1 heterocycles. The maximum atomic E-state index is 11.3. The van der Waals surface area contributed by atoms with Gasteiger partial charge in [-0.15, -0.1) is 0 Å². The number of carbonyl (C=O) groups is 1. The van der Waals surface area contributed by atoms with Gasteiger partial charge in [0, 0.05) is 14.1 Å². The third kappa shape index (κ3) is 2.97.